The Morgan fingerprint density at radius 3 is 2.40 bits per heavy atom. The van der Waals surface area contributed by atoms with E-state index in [4.69, 9.17) is 12.2 Å². The van der Waals surface area contributed by atoms with Crippen molar-refractivity contribution < 1.29 is 13.2 Å². The number of hydrogen-bond donors (Lipinski definition) is 2. The Balaban J connectivity index is 2.01. The van der Waals surface area contributed by atoms with Crippen LogP contribution in [-0.2, 0) is 6.18 Å². The third-order valence-corrected chi connectivity index (χ3v) is 3.94. The van der Waals surface area contributed by atoms with Crippen molar-refractivity contribution in [2.24, 2.45) is 5.10 Å². The zero-order valence-corrected chi connectivity index (χ0v) is 15.6. The lowest BCUT2D eigenvalue weighted by atomic mass is 10.1. The van der Waals surface area contributed by atoms with Crippen molar-refractivity contribution in [1.29, 1.82) is 0 Å². The molecule has 2 aromatic carbocycles. The number of benzene rings is 2. The number of hydrazone groups is 1. The minimum absolute atomic E-state index is 0.195. The second kappa shape index (κ2) is 8.44. The molecule has 0 unspecified atom stereocenters. The fraction of sp³-hybridized carbons (Fsp3) is 0.176. The Morgan fingerprint density at radius 1 is 1.16 bits per heavy atom. The summed E-state index contributed by atoms with van der Waals surface area (Å²) >= 11 is 8.53. The van der Waals surface area contributed by atoms with E-state index in [0.717, 1.165) is 27.9 Å². The number of rotatable bonds is 4. The van der Waals surface area contributed by atoms with E-state index in [0.29, 0.717) is 12.1 Å². The second-order valence-corrected chi connectivity index (χ2v) is 6.39. The lowest BCUT2D eigenvalue weighted by Crippen LogP contribution is -2.25. The summed E-state index contributed by atoms with van der Waals surface area (Å²) in [5, 5.41) is 7.26. The Kier molecular flexibility index (Phi) is 6.55. The van der Waals surface area contributed by atoms with Gasteiger partial charge in [-0.3, -0.25) is 5.43 Å². The molecule has 0 bridgehead atoms. The molecule has 3 nitrogen and oxygen atoms in total. The topological polar surface area (TPSA) is 36.4 Å². The van der Waals surface area contributed by atoms with Gasteiger partial charge in [0, 0.05) is 10.2 Å². The summed E-state index contributed by atoms with van der Waals surface area (Å²) in [5.41, 5.74) is 4.20. The number of hydrogen-bond acceptors (Lipinski definition) is 2. The molecule has 0 heterocycles. The summed E-state index contributed by atoms with van der Waals surface area (Å²) in [7, 11) is 0. The number of nitrogens with zero attached hydrogens (tertiary/aromatic N) is 1. The van der Waals surface area contributed by atoms with E-state index < -0.39 is 11.7 Å². The van der Waals surface area contributed by atoms with Crippen LogP contribution in [0.2, 0.25) is 0 Å². The van der Waals surface area contributed by atoms with Gasteiger partial charge in [-0.05, 0) is 60.6 Å². The van der Waals surface area contributed by atoms with Gasteiger partial charge in [-0.25, -0.2) is 0 Å². The van der Waals surface area contributed by atoms with E-state index in [9.17, 15) is 13.2 Å². The highest BCUT2D eigenvalue weighted by Crippen LogP contribution is 2.29. The largest absolute Gasteiger partial charge is 0.416 e. The molecule has 2 N–H and O–H groups in total. The van der Waals surface area contributed by atoms with Crippen molar-refractivity contribution in [3.05, 3.63) is 64.1 Å². The number of alkyl halides is 3. The molecule has 0 aromatic heterocycles. The number of thiocarbonyl (C=S) groups is 1. The Hall–Kier alpha value is -1.93. The first kappa shape index (κ1) is 19.4. The van der Waals surface area contributed by atoms with Gasteiger partial charge in [-0.1, -0.05) is 35.0 Å². The third kappa shape index (κ3) is 5.82. The molecule has 0 aliphatic carbocycles. The second-order valence-electron chi connectivity index (χ2n) is 5.06. The van der Waals surface area contributed by atoms with Crippen LogP contribution in [0, 0.1) is 0 Å². The number of anilines is 1. The third-order valence-electron chi connectivity index (χ3n) is 3.26. The Morgan fingerprint density at radius 2 is 1.84 bits per heavy atom. The highest BCUT2D eigenvalue weighted by atomic mass is 79.9. The summed E-state index contributed by atoms with van der Waals surface area (Å²) in [6, 6.07) is 12.3. The maximum Gasteiger partial charge on any atom is 0.416 e. The zero-order chi connectivity index (χ0) is 18.4. The predicted molar refractivity (Wildman–Crippen MR) is 102 cm³/mol. The molecular weight excluding hydrogens is 415 g/mol. The highest BCUT2D eigenvalue weighted by molar-refractivity contribution is 9.10. The SMILES string of the molecule is CC/C(=N\NC(=S)Nc1ccc(C(F)(F)F)cc1)c1cccc(Br)c1. The monoisotopic (exact) mass is 429 g/mol. The van der Waals surface area contributed by atoms with Crippen molar-refractivity contribution in [1.82, 2.24) is 5.43 Å². The lowest BCUT2D eigenvalue weighted by molar-refractivity contribution is -0.137. The first-order valence-electron chi connectivity index (χ1n) is 7.36. The molecular formula is C17H15BrF3N3S. The quantitative estimate of drug-likeness (QED) is 0.379. The standard InChI is InChI=1S/C17H15BrF3N3S/c1-2-15(11-4-3-5-13(18)10-11)23-24-16(25)22-14-8-6-12(7-9-14)17(19,20)21/h3-10H,2H2,1H3,(H2,22,24,25)/b23-15+. The van der Waals surface area contributed by atoms with Crippen LogP contribution in [0.5, 0.6) is 0 Å². The van der Waals surface area contributed by atoms with Crippen molar-refractivity contribution in [3.8, 4) is 0 Å². The minimum Gasteiger partial charge on any atom is -0.331 e. The van der Waals surface area contributed by atoms with Gasteiger partial charge in [-0.15, -0.1) is 0 Å². The average Bonchev–Trinajstić information content (AvgIpc) is 2.55. The summed E-state index contributed by atoms with van der Waals surface area (Å²) in [5.74, 6) is 0. The smallest absolute Gasteiger partial charge is 0.331 e. The highest BCUT2D eigenvalue weighted by Gasteiger charge is 2.29. The molecule has 0 amide bonds. The van der Waals surface area contributed by atoms with Gasteiger partial charge in [-0.2, -0.15) is 18.3 Å². The van der Waals surface area contributed by atoms with E-state index >= 15 is 0 Å². The molecule has 0 fully saturated rings. The van der Waals surface area contributed by atoms with Gasteiger partial charge in [0.1, 0.15) is 0 Å². The predicted octanol–water partition coefficient (Wildman–Crippen LogP) is 5.57. The molecule has 0 radical (unpaired) electrons. The molecule has 0 saturated heterocycles. The van der Waals surface area contributed by atoms with Crippen LogP contribution in [0.15, 0.2) is 58.1 Å². The van der Waals surface area contributed by atoms with Crippen LogP contribution in [0.25, 0.3) is 0 Å². The van der Waals surface area contributed by atoms with E-state index in [1.54, 1.807) is 0 Å². The van der Waals surface area contributed by atoms with E-state index in [-0.39, 0.29) is 5.11 Å². The van der Waals surface area contributed by atoms with Gasteiger partial charge >= 0.3 is 6.18 Å². The molecule has 0 saturated carbocycles. The molecule has 8 heteroatoms. The van der Waals surface area contributed by atoms with E-state index in [1.165, 1.54) is 12.1 Å². The molecule has 0 aliphatic rings. The average molecular weight is 430 g/mol. The van der Waals surface area contributed by atoms with E-state index in [2.05, 4.69) is 31.8 Å². The van der Waals surface area contributed by atoms with Crippen molar-refractivity contribution in [3.63, 3.8) is 0 Å². The summed E-state index contributed by atoms with van der Waals surface area (Å²) in [6.45, 7) is 1.97. The van der Waals surface area contributed by atoms with Crippen molar-refractivity contribution in [2.75, 3.05) is 5.32 Å². The first-order valence-corrected chi connectivity index (χ1v) is 8.56. The molecule has 2 aromatic rings. The maximum atomic E-state index is 12.5. The fourth-order valence-electron chi connectivity index (χ4n) is 2.04. The van der Waals surface area contributed by atoms with Gasteiger partial charge in [0.05, 0.1) is 11.3 Å². The van der Waals surface area contributed by atoms with Crippen LogP contribution >= 0.6 is 28.1 Å². The number of nitrogens with one attached hydrogen (secondary N) is 2. The molecule has 0 atom stereocenters. The van der Waals surface area contributed by atoms with Crippen LogP contribution in [0.1, 0.15) is 24.5 Å². The lowest BCUT2D eigenvalue weighted by Gasteiger charge is -2.11. The fourth-order valence-corrected chi connectivity index (χ4v) is 2.60. The summed E-state index contributed by atoms with van der Waals surface area (Å²) < 4.78 is 38.6. The minimum atomic E-state index is -4.36. The zero-order valence-electron chi connectivity index (χ0n) is 13.2. The van der Waals surface area contributed by atoms with Crippen LogP contribution in [0.3, 0.4) is 0 Å². The molecule has 0 aliphatic heterocycles. The summed E-state index contributed by atoms with van der Waals surface area (Å²) in [4.78, 5) is 0. The molecule has 132 valence electrons. The van der Waals surface area contributed by atoms with Crippen LogP contribution in [-0.4, -0.2) is 10.8 Å². The number of halogens is 4. The van der Waals surface area contributed by atoms with E-state index in [1.807, 2.05) is 31.2 Å². The molecule has 25 heavy (non-hydrogen) atoms. The van der Waals surface area contributed by atoms with Crippen LogP contribution in [0.4, 0.5) is 18.9 Å². The van der Waals surface area contributed by atoms with Gasteiger partial charge in [0.15, 0.2) is 5.11 Å². The maximum absolute atomic E-state index is 12.5. The van der Waals surface area contributed by atoms with Gasteiger partial charge in [0.2, 0.25) is 0 Å². The van der Waals surface area contributed by atoms with Crippen LogP contribution < -0.4 is 10.7 Å². The van der Waals surface area contributed by atoms with Crippen molar-refractivity contribution in [2.45, 2.75) is 19.5 Å². The van der Waals surface area contributed by atoms with Crippen molar-refractivity contribution >= 4 is 44.7 Å². The normalized spacial score (nSPS) is 12.0. The molecule has 0 spiro atoms. The Bertz CT molecular complexity index is 773. The molecule has 2 rings (SSSR count). The first-order chi connectivity index (χ1) is 11.8. The summed E-state index contributed by atoms with van der Waals surface area (Å²) in [6.07, 6.45) is -3.67. The van der Waals surface area contributed by atoms with Gasteiger partial charge < -0.3 is 5.32 Å². The van der Waals surface area contributed by atoms with Gasteiger partial charge in [0.25, 0.3) is 0 Å². The Labute approximate surface area is 157 Å².